The molecule has 0 radical (unpaired) electrons. The molecule has 0 aliphatic carbocycles. The van der Waals surface area contributed by atoms with E-state index in [1.54, 1.807) is 6.07 Å². The summed E-state index contributed by atoms with van der Waals surface area (Å²) in [5.41, 5.74) is 0.956. The van der Waals surface area contributed by atoms with Crippen LogP contribution in [0.25, 0.3) is 0 Å². The predicted octanol–water partition coefficient (Wildman–Crippen LogP) is 4.03. The van der Waals surface area contributed by atoms with Crippen LogP contribution >= 0.6 is 15.9 Å². The fourth-order valence-corrected chi connectivity index (χ4v) is 1.99. The Labute approximate surface area is 105 Å². The Morgan fingerprint density at radius 1 is 1.50 bits per heavy atom. The Balaban J connectivity index is 2.44. The Morgan fingerprint density at radius 3 is 2.88 bits per heavy atom. The first-order valence-electron chi connectivity index (χ1n) is 5.41. The molecule has 3 heteroatoms. The molecule has 1 nitrogen and oxygen atoms in total. The SMILES string of the molecule is C=CCCC(C)NCc1cc(F)cc(Br)c1. The van der Waals surface area contributed by atoms with Gasteiger partial charge in [-0.15, -0.1) is 6.58 Å². The lowest BCUT2D eigenvalue weighted by Crippen LogP contribution is -2.25. The molecule has 88 valence electrons. The highest BCUT2D eigenvalue weighted by Crippen LogP contribution is 2.15. The molecule has 0 saturated heterocycles. The first kappa shape index (κ1) is 13.4. The Bertz CT molecular complexity index is 332. The zero-order valence-electron chi connectivity index (χ0n) is 9.47. The number of allylic oxidation sites excluding steroid dienone is 1. The van der Waals surface area contributed by atoms with E-state index in [1.807, 2.05) is 12.1 Å². The fraction of sp³-hybridized carbons (Fsp3) is 0.385. The number of nitrogens with one attached hydrogen (secondary N) is 1. The number of benzene rings is 1. The Morgan fingerprint density at radius 2 is 2.25 bits per heavy atom. The average molecular weight is 286 g/mol. The lowest BCUT2D eigenvalue weighted by molar-refractivity contribution is 0.516. The molecular weight excluding hydrogens is 269 g/mol. The van der Waals surface area contributed by atoms with Crippen molar-refractivity contribution in [1.82, 2.24) is 5.32 Å². The van der Waals surface area contributed by atoms with Gasteiger partial charge in [0.2, 0.25) is 0 Å². The molecule has 0 fully saturated rings. The molecule has 0 spiro atoms. The molecule has 16 heavy (non-hydrogen) atoms. The van der Waals surface area contributed by atoms with Crippen LogP contribution in [0.4, 0.5) is 4.39 Å². The summed E-state index contributed by atoms with van der Waals surface area (Å²) in [5.74, 6) is -0.204. The van der Waals surface area contributed by atoms with Crippen molar-refractivity contribution < 1.29 is 4.39 Å². The maximum Gasteiger partial charge on any atom is 0.124 e. The van der Waals surface area contributed by atoms with Gasteiger partial charge in [-0.3, -0.25) is 0 Å². The van der Waals surface area contributed by atoms with Gasteiger partial charge in [0.1, 0.15) is 5.82 Å². The summed E-state index contributed by atoms with van der Waals surface area (Å²) in [5, 5.41) is 3.35. The van der Waals surface area contributed by atoms with Gasteiger partial charge >= 0.3 is 0 Å². The van der Waals surface area contributed by atoms with Crippen LogP contribution in [-0.2, 0) is 6.54 Å². The lowest BCUT2D eigenvalue weighted by Gasteiger charge is -2.12. The highest BCUT2D eigenvalue weighted by molar-refractivity contribution is 9.10. The second kappa shape index (κ2) is 6.81. The van der Waals surface area contributed by atoms with E-state index in [4.69, 9.17) is 0 Å². The van der Waals surface area contributed by atoms with E-state index in [2.05, 4.69) is 34.7 Å². The maximum atomic E-state index is 13.1. The van der Waals surface area contributed by atoms with Crippen molar-refractivity contribution in [3.63, 3.8) is 0 Å². The van der Waals surface area contributed by atoms with Crippen LogP contribution in [0.15, 0.2) is 35.3 Å². The Hall–Kier alpha value is -0.670. The molecule has 0 amide bonds. The third-order valence-corrected chi connectivity index (χ3v) is 2.84. The molecule has 0 heterocycles. The molecule has 1 rings (SSSR count). The molecular formula is C13H17BrFN. The molecule has 1 aromatic carbocycles. The number of hydrogen-bond donors (Lipinski definition) is 1. The van der Waals surface area contributed by atoms with Gasteiger partial charge in [-0.25, -0.2) is 4.39 Å². The van der Waals surface area contributed by atoms with Crippen molar-refractivity contribution >= 4 is 15.9 Å². The van der Waals surface area contributed by atoms with Crippen LogP contribution in [0.5, 0.6) is 0 Å². The van der Waals surface area contributed by atoms with E-state index in [9.17, 15) is 4.39 Å². The zero-order valence-corrected chi connectivity index (χ0v) is 11.1. The molecule has 0 bridgehead atoms. The van der Waals surface area contributed by atoms with Crippen LogP contribution in [0, 0.1) is 5.82 Å². The summed E-state index contributed by atoms with van der Waals surface area (Å²) in [7, 11) is 0. The second-order valence-electron chi connectivity index (χ2n) is 3.93. The summed E-state index contributed by atoms with van der Waals surface area (Å²) in [6, 6.07) is 5.36. The molecule has 0 aromatic heterocycles. The van der Waals surface area contributed by atoms with E-state index >= 15 is 0 Å². The molecule has 1 aromatic rings. The van der Waals surface area contributed by atoms with Gasteiger partial charge in [0.05, 0.1) is 0 Å². The smallest absolute Gasteiger partial charge is 0.124 e. The minimum atomic E-state index is -0.204. The van der Waals surface area contributed by atoms with Gasteiger partial charge in [0.25, 0.3) is 0 Å². The van der Waals surface area contributed by atoms with Gasteiger partial charge in [-0.1, -0.05) is 22.0 Å². The summed E-state index contributed by atoms with van der Waals surface area (Å²) in [6.45, 7) is 6.50. The molecule has 0 saturated carbocycles. The summed E-state index contributed by atoms with van der Waals surface area (Å²) < 4.78 is 13.9. The van der Waals surface area contributed by atoms with Crippen molar-refractivity contribution in [2.24, 2.45) is 0 Å². The van der Waals surface area contributed by atoms with E-state index < -0.39 is 0 Å². The monoisotopic (exact) mass is 285 g/mol. The van der Waals surface area contributed by atoms with Crippen LogP contribution in [0.2, 0.25) is 0 Å². The average Bonchev–Trinajstić information content (AvgIpc) is 2.22. The van der Waals surface area contributed by atoms with Gasteiger partial charge in [-0.2, -0.15) is 0 Å². The molecule has 1 N–H and O–H groups in total. The zero-order chi connectivity index (χ0) is 12.0. The predicted molar refractivity (Wildman–Crippen MR) is 69.8 cm³/mol. The third kappa shape index (κ3) is 4.90. The number of rotatable bonds is 6. The topological polar surface area (TPSA) is 12.0 Å². The van der Waals surface area contributed by atoms with Crippen molar-refractivity contribution in [2.45, 2.75) is 32.4 Å². The van der Waals surface area contributed by atoms with Gasteiger partial charge < -0.3 is 5.32 Å². The van der Waals surface area contributed by atoms with Crippen LogP contribution < -0.4 is 5.32 Å². The summed E-state index contributed by atoms with van der Waals surface area (Å²) in [6.07, 6.45) is 3.97. The van der Waals surface area contributed by atoms with Crippen LogP contribution in [0.3, 0.4) is 0 Å². The molecule has 0 aliphatic rings. The second-order valence-corrected chi connectivity index (χ2v) is 4.84. The third-order valence-electron chi connectivity index (χ3n) is 2.38. The van der Waals surface area contributed by atoms with Gasteiger partial charge in [-0.05, 0) is 43.5 Å². The highest BCUT2D eigenvalue weighted by atomic mass is 79.9. The molecule has 0 aliphatic heterocycles. The van der Waals surface area contributed by atoms with Crippen LogP contribution in [-0.4, -0.2) is 6.04 Å². The normalized spacial score (nSPS) is 12.4. The van der Waals surface area contributed by atoms with Crippen LogP contribution in [0.1, 0.15) is 25.3 Å². The minimum Gasteiger partial charge on any atom is -0.310 e. The standard InChI is InChI=1S/C13H17BrFN/c1-3-4-5-10(2)16-9-11-6-12(14)8-13(15)7-11/h3,6-8,10,16H,1,4-5,9H2,2H3. The van der Waals surface area contributed by atoms with E-state index in [0.29, 0.717) is 12.6 Å². The van der Waals surface area contributed by atoms with Crippen molar-refractivity contribution in [1.29, 1.82) is 0 Å². The quantitative estimate of drug-likeness (QED) is 0.778. The largest absolute Gasteiger partial charge is 0.310 e. The molecule has 1 atom stereocenters. The first-order valence-corrected chi connectivity index (χ1v) is 6.20. The fourth-order valence-electron chi connectivity index (χ4n) is 1.48. The number of hydrogen-bond acceptors (Lipinski definition) is 1. The Kier molecular flexibility index (Phi) is 5.71. The first-order chi connectivity index (χ1) is 7.61. The van der Waals surface area contributed by atoms with Crippen molar-refractivity contribution in [3.8, 4) is 0 Å². The summed E-state index contributed by atoms with van der Waals surface area (Å²) >= 11 is 3.28. The van der Waals surface area contributed by atoms with Gasteiger partial charge in [0.15, 0.2) is 0 Å². The molecule has 1 unspecified atom stereocenters. The van der Waals surface area contributed by atoms with Crippen molar-refractivity contribution in [3.05, 3.63) is 46.7 Å². The number of halogens is 2. The van der Waals surface area contributed by atoms with Crippen molar-refractivity contribution in [2.75, 3.05) is 0 Å². The summed E-state index contributed by atoms with van der Waals surface area (Å²) in [4.78, 5) is 0. The minimum absolute atomic E-state index is 0.204. The van der Waals surface area contributed by atoms with E-state index in [1.165, 1.54) is 6.07 Å². The van der Waals surface area contributed by atoms with E-state index in [-0.39, 0.29) is 5.82 Å². The maximum absolute atomic E-state index is 13.1. The lowest BCUT2D eigenvalue weighted by atomic mass is 10.1. The van der Waals surface area contributed by atoms with Gasteiger partial charge in [0, 0.05) is 17.1 Å². The van der Waals surface area contributed by atoms with E-state index in [0.717, 1.165) is 22.9 Å². The highest BCUT2D eigenvalue weighted by Gasteiger charge is 2.02.